The summed E-state index contributed by atoms with van der Waals surface area (Å²) >= 11 is 0. The highest BCUT2D eigenvalue weighted by Crippen LogP contribution is 2.11. The highest BCUT2D eigenvalue weighted by molar-refractivity contribution is 7.90. The average molecular weight is 411 g/mol. The zero-order valence-electron chi connectivity index (χ0n) is 18.3. The van der Waals surface area contributed by atoms with E-state index in [1.807, 2.05) is 12.1 Å². The molecule has 0 aliphatic carbocycles. The largest absolute Gasteiger partial charge is 0.356 e. The van der Waals surface area contributed by atoms with Crippen LogP contribution in [0.25, 0.3) is 0 Å². The first-order valence-corrected chi connectivity index (χ1v) is 12.1. The van der Waals surface area contributed by atoms with E-state index in [-0.39, 0.29) is 0 Å². The molecule has 0 spiro atoms. The second-order valence-electron chi connectivity index (χ2n) is 7.55. The number of rotatable bonds is 11. The van der Waals surface area contributed by atoms with E-state index < -0.39 is 9.84 Å². The van der Waals surface area contributed by atoms with E-state index in [4.69, 9.17) is 0 Å². The molecule has 0 fully saturated rings. The molecule has 0 heterocycles. The molecule has 1 aromatic carbocycles. The van der Waals surface area contributed by atoms with Gasteiger partial charge in [0.2, 0.25) is 0 Å². The van der Waals surface area contributed by atoms with Crippen molar-refractivity contribution >= 4 is 15.8 Å². The van der Waals surface area contributed by atoms with Gasteiger partial charge in [-0.1, -0.05) is 39.8 Å². The van der Waals surface area contributed by atoms with E-state index in [1.54, 1.807) is 19.2 Å². The van der Waals surface area contributed by atoms with Gasteiger partial charge in [0, 0.05) is 32.4 Å². The molecule has 2 N–H and O–H groups in total. The fourth-order valence-corrected chi connectivity index (χ4v) is 3.94. The van der Waals surface area contributed by atoms with E-state index in [2.05, 4.69) is 48.2 Å². The predicted molar refractivity (Wildman–Crippen MR) is 119 cm³/mol. The molecule has 1 rings (SSSR count). The number of nitrogens with one attached hydrogen (secondary N) is 2. The van der Waals surface area contributed by atoms with Crippen LogP contribution in [0.3, 0.4) is 0 Å². The third kappa shape index (κ3) is 8.61. The molecule has 0 aliphatic rings. The second kappa shape index (κ2) is 12.1. The zero-order chi connectivity index (χ0) is 21.2. The van der Waals surface area contributed by atoms with Crippen LogP contribution in [0.15, 0.2) is 34.2 Å². The highest BCUT2D eigenvalue weighted by atomic mass is 32.2. The maximum Gasteiger partial charge on any atom is 0.191 e. The lowest BCUT2D eigenvalue weighted by atomic mass is 10.0. The highest BCUT2D eigenvalue weighted by Gasteiger charge is 2.17. The van der Waals surface area contributed by atoms with Gasteiger partial charge in [-0.2, -0.15) is 0 Å². The van der Waals surface area contributed by atoms with Gasteiger partial charge in [-0.25, -0.2) is 8.42 Å². The zero-order valence-corrected chi connectivity index (χ0v) is 19.1. The third-order valence-corrected chi connectivity index (χ3v) is 5.99. The van der Waals surface area contributed by atoms with Gasteiger partial charge in [0.05, 0.1) is 4.90 Å². The van der Waals surface area contributed by atoms with Crippen molar-refractivity contribution in [2.24, 2.45) is 10.9 Å². The van der Waals surface area contributed by atoms with E-state index in [1.165, 1.54) is 6.26 Å². The summed E-state index contributed by atoms with van der Waals surface area (Å²) in [5, 5.41) is 6.81. The number of likely N-dealkylation sites (N-methyl/N-ethyl adjacent to an activating group) is 1. The van der Waals surface area contributed by atoms with Crippen molar-refractivity contribution < 1.29 is 8.42 Å². The van der Waals surface area contributed by atoms with Gasteiger partial charge in [0.1, 0.15) is 0 Å². The smallest absolute Gasteiger partial charge is 0.191 e. The van der Waals surface area contributed by atoms with Crippen LogP contribution < -0.4 is 10.6 Å². The Balaban J connectivity index is 2.53. The summed E-state index contributed by atoms with van der Waals surface area (Å²) in [5.41, 5.74) is 1.09. The Hall–Kier alpha value is -1.60. The Morgan fingerprint density at radius 1 is 1.11 bits per heavy atom. The van der Waals surface area contributed by atoms with Gasteiger partial charge in [0.25, 0.3) is 0 Å². The van der Waals surface area contributed by atoms with E-state index in [0.717, 1.165) is 50.5 Å². The molecule has 0 aliphatic heterocycles. The minimum atomic E-state index is -3.14. The molecule has 0 aromatic heterocycles. The molecule has 0 saturated carbocycles. The summed E-state index contributed by atoms with van der Waals surface area (Å²) in [6.07, 6.45) is 3.18. The first kappa shape index (κ1) is 24.4. The lowest BCUT2D eigenvalue weighted by Gasteiger charge is -2.31. The summed E-state index contributed by atoms with van der Waals surface area (Å²) in [4.78, 5) is 7.17. The Labute approximate surface area is 171 Å². The maximum absolute atomic E-state index is 11.5. The van der Waals surface area contributed by atoms with Crippen LogP contribution in [-0.4, -0.2) is 64.8 Å². The summed E-state index contributed by atoms with van der Waals surface area (Å²) in [6, 6.07) is 7.55. The van der Waals surface area contributed by atoms with Crippen molar-refractivity contribution in [3.05, 3.63) is 29.8 Å². The minimum absolute atomic E-state index is 0.356. The standard InChI is InChI=1S/C21H38N4O2S/c1-7-25(8-2)19(15-17(3)4)16-24-21(22-5)23-14-13-18-9-11-20(12-10-18)28(6,26)27/h9-12,17,19H,7-8,13-16H2,1-6H3,(H2,22,23,24). The second-order valence-corrected chi connectivity index (χ2v) is 9.57. The molecule has 160 valence electrons. The van der Waals surface area contributed by atoms with Gasteiger partial charge < -0.3 is 10.6 Å². The van der Waals surface area contributed by atoms with Crippen LogP contribution in [0.4, 0.5) is 0 Å². The van der Waals surface area contributed by atoms with Gasteiger partial charge in [0.15, 0.2) is 15.8 Å². The van der Waals surface area contributed by atoms with Gasteiger partial charge in [-0.3, -0.25) is 9.89 Å². The SMILES string of the molecule is CCN(CC)C(CNC(=NC)NCCc1ccc(S(C)(=O)=O)cc1)CC(C)C. The van der Waals surface area contributed by atoms with Crippen LogP contribution in [0.2, 0.25) is 0 Å². The number of sulfone groups is 1. The maximum atomic E-state index is 11.5. The van der Waals surface area contributed by atoms with Gasteiger partial charge in [-0.05, 0) is 49.5 Å². The van der Waals surface area contributed by atoms with Crippen molar-refractivity contribution in [2.75, 3.05) is 39.5 Å². The van der Waals surface area contributed by atoms with Crippen LogP contribution in [0, 0.1) is 5.92 Å². The van der Waals surface area contributed by atoms with Crippen molar-refractivity contribution in [3.8, 4) is 0 Å². The first-order valence-electron chi connectivity index (χ1n) is 10.2. The molecule has 6 nitrogen and oxygen atoms in total. The van der Waals surface area contributed by atoms with Gasteiger partial charge in [-0.15, -0.1) is 0 Å². The number of hydrogen-bond donors (Lipinski definition) is 2. The molecule has 28 heavy (non-hydrogen) atoms. The Bertz CT molecular complexity index is 696. The fraction of sp³-hybridized carbons (Fsp3) is 0.667. The predicted octanol–water partition coefficient (Wildman–Crippen LogP) is 2.55. The molecule has 0 radical (unpaired) electrons. The monoisotopic (exact) mass is 410 g/mol. The molecule has 1 atom stereocenters. The molecular formula is C21H38N4O2S. The quantitative estimate of drug-likeness (QED) is 0.433. The summed E-state index contributed by atoms with van der Waals surface area (Å²) in [7, 11) is -1.36. The molecule has 7 heteroatoms. The van der Waals surface area contributed by atoms with E-state index in [9.17, 15) is 8.42 Å². The number of nitrogens with zero attached hydrogens (tertiary/aromatic N) is 2. The molecule has 0 bridgehead atoms. The Kier molecular flexibility index (Phi) is 10.5. The first-order chi connectivity index (χ1) is 13.2. The molecular weight excluding hydrogens is 372 g/mol. The van der Waals surface area contributed by atoms with Crippen LogP contribution in [0.5, 0.6) is 0 Å². The van der Waals surface area contributed by atoms with E-state index in [0.29, 0.717) is 16.9 Å². The summed E-state index contributed by atoms with van der Waals surface area (Å²) in [6.45, 7) is 12.6. The topological polar surface area (TPSA) is 73.8 Å². The fourth-order valence-electron chi connectivity index (χ4n) is 3.31. The normalized spacial score (nSPS) is 13.8. The Morgan fingerprint density at radius 3 is 2.18 bits per heavy atom. The Morgan fingerprint density at radius 2 is 1.71 bits per heavy atom. The molecule has 1 aromatic rings. The number of benzene rings is 1. The van der Waals surface area contributed by atoms with Crippen LogP contribution in [0.1, 0.15) is 39.7 Å². The van der Waals surface area contributed by atoms with Crippen LogP contribution >= 0.6 is 0 Å². The van der Waals surface area contributed by atoms with Crippen molar-refractivity contribution in [3.63, 3.8) is 0 Å². The summed E-state index contributed by atoms with van der Waals surface area (Å²) in [5.74, 6) is 1.45. The molecule has 0 amide bonds. The third-order valence-electron chi connectivity index (χ3n) is 4.86. The van der Waals surface area contributed by atoms with Crippen molar-refractivity contribution in [1.29, 1.82) is 0 Å². The lowest BCUT2D eigenvalue weighted by molar-refractivity contribution is 0.191. The van der Waals surface area contributed by atoms with Crippen molar-refractivity contribution in [1.82, 2.24) is 15.5 Å². The molecule has 0 saturated heterocycles. The molecule has 1 unspecified atom stereocenters. The summed E-state index contributed by atoms with van der Waals surface area (Å²) < 4.78 is 23.1. The lowest BCUT2D eigenvalue weighted by Crippen LogP contribution is -2.48. The number of guanidine groups is 1. The number of aliphatic imine (C=N–C) groups is 1. The van der Waals surface area contributed by atoms with Crippen molar-refractivity contribution in [2.45, 2.75) is 51.5 Å². The van der Waals surface area contributed by atoms with Gasteiger partial charge >= 0.3 is 0 Å². The van der Waals surface area contributed by atoms with E-state index >= 15 is 0 Å². The number of hydrogen-bond acceptors (Lipinski definition) is 4. The average Bonchev–Trinajstić information content (AvgIpc) is 2.64. The minimum Gasteiger partial charge on any atom is -0.356 e. The van der Waals surface area contributed by atoms with Crippen LogP contribution in [-0.2, 0) is 16.3 Å².